The van der Waals surface area contributed by atoms with Crippen molar-refractivity contribution >= 4 is 22.4 Å². The zero-order valence-electron chi connectivity index (χ0n) is 17.2. The SMILES string of the molecule is COc1cnc(C(C#N)=Cc2c(OC)ccc3ccccc23)cc1OC1CCCC1. The first kappa shape index (κ1) is 19.8. The van der Waals surface area contributed by atoms with Gasteiger partial charge in [0.15, 0.2) is 11.5 Å². The zero-order chi connectivity index (χ0) is 20.9. The number of benzene rings is 2. The van der Waals surface area contributed by atoms with Crippen molar-refractivity contribution in [3.63, 3.8) is 0 Å². The molecule has 2 aromatic carbocycles. The van der Waals surface area contributed by atoms with Gasteiger partial charge >= 0.3 is 0 Å². The van der Waals surface area contributed by atoms with Crippen molar-refractivity contribution in [2.75, 3.05) is 14.2 Å². The normalized spacial score (nSPS) is 14.5. The molecule has 5 heteroatoms. The molecule has 0 atom stereocenters. The highest BCUT2D eigenvalue weighted by Gasteiger charge is 2.20. The Morgan fingerprint density at radius 2 is 1.80 bits per heavy atom. The summed E-state index contributed by atoms with van der Waals surface area (Å²) >= 11 is 0. The summed E-state index contributed by atoms with van der Waals surface area (Å²) in [5.41, 5.74) is 1.83. The van der Waals surface area contributed by atoms with Crippen LogP contribution in [0.4, 0.5) is 0 Å². The number of pyridine rings is 1. The Bertz CT molecular complexity index is 1120. The summed E-state index contributed by atoms with van der Waals surface area (Å²) in [6.07, 6.45) is 8.05. The molecule has 5 nitrogen and oxygen atoms in total. The van der Waals surface area contributed by atoms with Gasteiger partial charge in [-0.2, -0.15) is 5.26 Å². The molecule has 1 aromatic heterocycles. The maximum absolute atomic E-state index is 9.91. The first-order chi connectivity index (χ1) is 14.7. The van der Waals surface area contributed by atoms with Crippen LogP contribution in [0.2, 0.25) is 0 Å². The van der Waals surface area contributed by atoms with Crippen LogP contribution in [0.15, 0.2) is 48.7 Å². The minimum absolute atomic E-state index is 0.182. The van der Waals surface area contributed by atoms with Crippen molar-refractivity contribution in [1.29, 1.82) is 5.26 Å². The number of fused-ring (bicyclic) bond motifs is 1. The Morgan fingerprint density at radius 1 is 1.03 bits per heavy atom. The average molecular weight is 400 g/mol. The van der Waals surface area contributed by atoms with E-state index in [9.17, 15) is 5.26 Å². The average Bonchev–Trinajstić information content (AvgIpc) is 3.30. The van der Waals surface area contributed by atoms with Gasteiger partial charge in [0.25, 0.3) is 0 Å². The van der Waals surface area contributed by atoms with E-state index < -0.39 is 0 Å². The number of hydrogen-bond acceptors (Lipinski definition) is 5. The van der Waals surface area contributed by atoms with Gasteiger partial charge in [-0.25, -0.2) is 0 Å². The predicted molar refractivity (Wildman–Crippen MR) is 118 cm³/mol. The first-order valence-electron chi connectivity index (χ1n) is 10.1. The summed E-state index contributed by atoms with van der Waals surface area (Å²) in [6, 6.07) is 16.0. The number of rotatable bonds is 6. The Hall–Kier alpha value is -3.52. The summed E-state index contributed by atoms with van der Waals surface area (Å²) in [6.45, 7) is 0. The molecule has 152 valence electrons. The third kappa shape index (κ3) is 3.95. The molecule has 1 heterocycles. The van der Waals surface area contributed by atoms with E-state index in [1.807, 2.05) is 42.5 Å². The van der Waals surface area contributed by atoms with E-state index in [-0.39, 0.29) is 6.10 Å². The lowest BCUT2D eigenvalue weighted by Gasteiger charge is -2.16. The standard InChI is InChI=1S/C25H24N2O3/c1-28-23-12-11-17-7-3-6-10-20(17)21(23)13-18(15-26)22-14-24(25(29-2)16-27-22)30-19-8-4-5-9-19/h3,6-7,10-14,16,19H,4-5,8-9H2,1-2H3. The first-order valence-corrected chi connectivity index (χ1v) is 10.1. The molecule has 1 aliphatic carbocycles. The maximum Gasteiger partial charge on any atom is 0.179 e. The van der Waals surface area contributed by atoms with Crippen LogP contribution in [0.25, 0.3) is 22.4 Å². The summed E-state index contributed by atoms with van der Waals surface area (Å²) in [5.74, 6) is 1.91. The minimum atomic E-state index is 0.182. The molecule has 30 heavy (non-hydrogen) atoms. The van der Waals surface area contributed by atoms with Gasteiger partial charge in [0.1, 0.15) is 11.8 Å². The smallest absolute Gasteiger partial charge is 0.179 e. The monoisotopic (exact) mass is 400 g/mol. The van der Waals surface area contributed by atoms with Gasteiger partial charge in [0.05, 0.1) is 37.8 Å². The summed E-state index contributed by atoms with van der Waals surface area (Å²) in [5, 5.41) is 12.0. The second-order valence-electron chi connectivity index (χ2n) is 7.32. The van der Waals surface area contributed by atoms with E-state index in [0.29, 0.717) is 28.5 Å². The third-order valence-corrected chi connectivity index (χ3v) is 5.48. The van der Waals surface area contributed by atoms with Crippen molar-refractivity contribution in [2.24, 2.45) is 0 Å². The summed E-state index contributed by atoms with van der Waals surface area (Å²) in [4.78, 5) is 4.45. The Balaban J connectivity index is 1.79. The Labute approximate surface area is 176 Å². The largest absolute Gasteiger partial charge is 0.496 e. The van der Waals surface area contributed by atoms with Gasteiger partial charge in [-0.1, -0.05) is 30.3 Å². The van der Waals surface area contributed by atoms with Crippen molar-refractivity contribution < 1.29 is 14.2 Å². The fourth-order valence-electron chi connectivity index (χ4n) is 3.91. The second kappa shape index (κ2) is 8.87. The van der Waals surface area contributed by atoms with E-state index in [1.54, 1.807) is 26.5 Å². The highest BCUT2D eigenvalue weighted by molar-refractivity contribution is 6.00. The lowest BCUT2D eigenvalue weighted by molar-refractivity contribution is 0.200. The Kier molecular flexibility index (Phi) is 5.85. The van der Waals surface area contributed by atoms with E-state index >= 15 is 0 Å². The van der Waals surface area contributed by atoms with Crippen LogP contribution in [-0.4, -0.2) is 25.3 Å². The summed E-state index contributed by atoms with van der Waals surface area (Å²) in [7, 11) is 3.23. The fraction of sp³-hybridized carbons (Fsp3) is 0.280. The highest BCUT2D eigenvalue weighted by Crippen LogP contribution is 2.35. The van der Waals surface area contributed by atoms with Gasteiger partial charge in [-0.3, -0.25) is 4.98 Å². The van der Waals surface area contributed by atoms with Gasteiger partial charge in [0.2, 0.25) is 0 Å². The number of hydrogen-bond donors (Lipinski definition) is 0. The van der Waals surface area contributed by atoms with Gasteiger partial charge in [-0.15, -0.1) is 0 Å². The van der Waals surface area contributed by atoms with E-state index in [2.05, 4.69) is 11.1 Å². The lowest BCUT2D eigenvalue weighted by Crippen LogP contribution is -2.12. The molecule has 0 saturated heterocycles. The van der Waals surface area contributed by atoms with E-state index in [1.165, 1.54) is 12.8 Å². The molecule has 0 aliphatic heterocycles. The quantitative estimate of drug-likeness (QED) is 0.501. The molecule has 4 rings (SSSR count). The third-order valence-electron chi connectivity index (χ3n) is 5.48. The molecular formula is C25H24N2O3. The molecule has 3 aromatic rings. The van der Waals surface area contributed by atoms with Crippen LogP contribution < -0.4 is 14.2 Å². The van der Waals surface area contributed by atoms with Gasteiger partial charge < -0.3 is 14.2 Å². The van der Waals surface area contributed by atoms with Crippen LogP contribution in [0, 0.1) is 11.3 Å². The van der Waals surface area contributed by atoms with E-state index in [0.717, 1.165) is 29.2 Å². The highest BCUT2D eigenvalue weighted by atomic mass is 16.5. The van der Waals surface area contributed by atoms with Crippen molar-refractivity contribution in [3.8, 4) is 23.3 Å². The summed E-state index contributed by atoms with van der Waals surface area (Å²) < 4.78 is 17.2. The van der Waals surface area contributed by atoms with Crippen molar-refractivity contribution in [2.45, 2.75) is 31.8 Å². The predicted octanol–water partition coefficient (Wildman–Crippen LogP) is 5.64. The van der Waals surface area contributed by atoms with Crippen LogP contribution >= 0.6 is 0 Å². The van der Waals surface area contributed by atoms with Crippen LogP contribution in [0.1, 0.15) is 36.9 Å². The molecular weight excluding hydrogens is 376 g/mol. The molecule has 0 radical (unpaired) electrons. The molecule has 1 saturated carbocycles. The number of nitriles is 1. The molecule has 0 spiro atoms. The number of ether oxygens (including phenoxy) is 3. The lowest BCUT2D eigenvalue weighted by atomic mass is 10.00. The molecule has 1 aliphatic rings. The molecule has 0 amide bonds. The topological polar surface area (TPSA) is 64.4 Å². The Morgan fingerprint density at radius 3 is 2.53 bits per heavy atom. The molecule has 0 bridgehead atoms. The molecule has 0 N–H and O–H groups in total. The number of nitrogens with zero attached hydrogens (tertiary/aromatic N) is 2. The van der Waals surface area contributed by atoms with E-state index in [4.69, 9.17) is 14.2 Å². The van der Waals surface area contributed by atoms with Crippen molar-refractivity contribution in [1.82, 2.24) is 4.98 Å². The zero-order valence-corrected chi connectivity index (χ0v) is 17.2. The minimum Gasteiger partial charge on any atom is -0.496 e. The molecule has 0 unspecified atom stereocenters. The maximum atomic E-state index is 9.91. The van der Waals surface area contributed by atoms with Crippen LogP contribution in [-0.2, 0) is 0 Å². The fourth-order valence-corrected chi connectivity index (χ4v) is 3.91. The van der Waals surface area contributed by atoms with Crippen LogP contribution in [0.5, 0.6) is 17.2 Å². The molecule has 1 fully saturated rings. The number of aromatic nitrogens is 1. The van der Waals surface area contributed by atoms with Crippen molar-refractivity contribution in [3.05, 3.63) is 59.9 Å². The second-order valence-corrected chi connectivity index (χ2v) is 7.32. The number of methoxy groups -OCH3 is 2. The number of allylic oxidation sites excluding steroid dienone is 1. The van der Waals surface area contributed by atoms with Gasteiger partial charge in [-0.05, 0) is 48.6 Å². The van der Waals surface area contributed by atoms with Gasteiger partial charge in [0, 0.05) is 11.6 Å². The van der Waals surface area contributed by atoms with Crippen LogP contribution in [0.3, 0.4) is 0 Å².